The molecule has 8 nitrogen and oxygen atoms in total. The zero-order valence-corrected chi connectivity index (χ0v) is 11.1. The highest BCUT2D eigenvalue weighted by atomic mass is 16.5. The quantitative estimate of drug-likeness (QED) is 0.736. The molecule has 20 heavy (non-hydrogen) atoms. The van der Waals surface area contributed by atoms with Crippen LogP contribution in [-0.2, 0) is 0 Å². The van der Waals surface area contributed by atoms with Crippen molar-refractivity contribution in [1.29, 1.82) is 0 Å². The third kappa shape index (κ3) is 2.00. The number of H-pyrrole nitrogens is 1. The van der Waals surface area contributed by atoms with Crippen LogP contribution in [-0.4, -0.2) is 43.8 Å². The number of aromatic amines is 1. The summed E-state index contributed by atoms with van der Waals surface area (Å²) in [4.78, 5) is 17.3. The predicted molar refractivity (Wildman–Crippen MR) is 73.4 cm³/mol. The Labute approximate surface area is 114 Å². The van der Waals surface area contributed by atoms with Gasteiger partial charge in [0.15, 0.2) is 11.3 Å². The summed E-state index contributed by atoms with van der Waals surface area (Å²) in [6.07, 6.45) is 4.83. The first-order valence-electron chi connectivity index (χ1n) is 6.13. The molecule has 8 heteroatoms. The first-order chi connectivity index (χ1) is 9.83. The van der Waals surface area contributed by atoms with Crippen LogP contribution < -0.4 is 10.1 Å². The summed E-state index contributed by atoms with van der Waals surface area (Å²) in [5.41, 5.74) is 1.83. The summed E-state index contributed by atoms with van der Waals surface area (Å²) in [6, 6.07) is 0. The van der Waals surface area contributed by atoms with Gasteiger partial charge in [0, 0.05) is 18.9 Å². The van der Waals surface area contributed by atoms with Gasteiger partial charge >= 0.3 is 0 Å². The van der Waals surface area contributed by atoms with E-state index in [0.29, 0.717) is 28.9 Å². The topological polar surface area (TPSA) is 102 Å². The van der Waals surface area contributed by atoms with Gasteiger partial charge in [-0.1, -0.05) is 0 Å². The van der Waals surface area contributed by atoms with Crippen LogP contribution >= 0.6 is 0 Å². The Bertz CT molecular complexity index is 740. The number of methoxy groups -OCH3 is 1. The molecule has 0 radical (unpaired) electrons. The van der Waals surface area contributed by atoms with Gasteiger partial charge in [0.2, 0.25) is 11.8 Å². The zero-order chi connectivity index (χ0) is 13.9. The van der Waals surface area contributed by atoms with E-state index in [-0.39, 0.29) is 0 Å². The van der Waals surface area contributed by atoms with E-state index in [9.17, 15) is 0 Å². The Morgan fingerprint density at radius 2 is 2.05 bits per heavy atom. The van der Waals surface area contributed by atoms with Crippen LogP contribution in [0.5, 0.6) is 5.88 Å². The summed E-state index contributed by atoms with van der Waals surface area (Å²) in [5, 5.41) is 10.7. The SMILES string of the molecule is CCNc1nc(-c2nccnc2OC)c2cn[nH]c2n1. The van der Waals surface area contributed by atoms with Crippen LogP contribution in [0.2, 0.25) is 0 Å². The van der Waals surface area contributed by atoms with Crippen LogP contribution in [0.4, 0.5) is 5.95 Å². The minimum absolute atomic E-state index is 0.413. The van der Waals surface area contributed by atoms with E-state index >= 15 is 0 Å². The van der Waals surface area contributed by atoms with Gasteiger partial charge in [-0.25, -0.2) is 15.0 Å². The Balaban J connectivity index is 2.25. The van der Waals surface area contributed by atoms with Gasteiger partial charge in [-0.05, 0) is 6.92 Å². The first-order valence-corrected chi connectivity index (χ1v) is 6.13. The molecule has 0 aliphatic rings. The molecule has 0 aromatic carbocycles. The van der Waals surface area contributed by atoms with Crippen molar-refractivity contribution >= 4 is 17.0 Å². The molecule has 3 aromatic rings. The third-order valence-electron chi connectivity index (χ3n) is 2.73. The highest BCUT2D eigenvalue weighted by Gasteiger charge is 2.16. The lowest BCUT2D eigenvalue weighted by molar-refractivity contribution is 0.397. The lowest BCUT2D eigenvalue weighted by Crippen LogP contribution is -2.04. The number of nitrogens with one attached hydrogen (secondary N) is 2. The fourth-order valence-electron chi connectivity index (χ4n) is 1.89. The number of anilines is 1. The second-order valence-electron chi connectivity index (χ2n) is 3.97. The molecule has 3 heterocycles. The van der Waals surface area contributed by atoms with E-state index in [1.165, 1.54) is 0 Å². The highest BCUT2D eigenvalue weighted by molar-refractivity contribution is 5.90. The standard InChI is InChI=1S/C12H13N7O/c1-3-13-12-17-8(7-6-16-19-10(7)18-12)9-11(20-2)15-5-4-14-9/h4-6H,3H2,1-2H3,(H2,13,16,17,18,19). The zero-order valence-electron chi connectivity index (χ0n) is 11.1. The summed E-state index contributed by atoms with van der Waals surface area (Å²) in [5.74, 6) is 0.920. The van der Waals surface area contributed by atoms with Crippen molar-refractivity contribution in [3.8, 4) is 17.3 Å². The molecule has 0 atom stereocenters. The fourth-order valence-corrected chi connectivity index (χ4v) is 1.89. The maximum Gasteiger partial charge on any atom is 0.241 e. The second kappa shape index (κ2) is 5.08. The maximum atomic E-state index is 5.24. The Morgan fingerprint density at radius 1 is 1.20 bits per heavy atom. The van der Waals surface area contributed by atoms with E-state index in [2.05, 4.69) is 35.5 Å². The van der Waals surface area contributed by atoms with Gasteiger partial charge in [-0.3, -0.25) is 5.10 Å². The number of rotatable bonds is 4. The highest BCUT2D eigenvalue weighted by Crippen LogP contribution is 2.29. The molecule has 0 bridgehead atoms. The molecule has 2 N–H and O–H groups in total. The number of fused-ring (bicyclic) bond motifs is 1. The minimum Gasteiger partial charge on any atom is -0.479 e. The average Bonchev–Trinajstić information content (AvgIpc) is 2.95. The summed E-state index contributed by atoms with van der Waals surface area (Å²) >= 11 is 0. The first kappa shape index (κ1) is 12.3. The van der Waals surface area contributed by atoms with Gasteiger partial charge in [0.05, 0.1) is 18.7 Å². The van der Waals surface area contributed by atoms with E-state index in [1.807, 2.05) is 6.92 Å². The Morgan fingerprint density at radius 3 is 2.85 bits per heavy atom. The van der Waals surface area contributed by atoms with E-state index in [0.717, 1.165) is 11.9 Å². The van der Waals surface area contributed by atoms with Gasteiger partial charge < -0.3 is 10.1 Å². The Hall–Kier alpha value is -2.77. The van der Waals surface area contributed by atoms with Crippen molar-refractivity contribution < 1.29 is 4.74 Å². The number of hydrogen-bond donors (Lipinski definition) is 2. The summed E-state index contributed by atoms with van der Waals surface area (Å²) in [6.45, 7) is 2.69. The van der Waals surface area contributed by atoms with Crippen molar-refractivity contribution in [2.24, 2.45) is 0 Å². The van der Waals surface area contributed by atoms with Gasteiger partial charge in [0.25, 0.3) is 0 Å². The smallest absolute Gasteiger partial charge is 0.241 e. The van der Waals surface area contributed by atoms with Crippen LogP contribution in [0.15, 0.2) is 18.6 Å². The number of ether oxygens (including phenoxy) is 1. The fraction of sp³-hybridized carbons (Fsp3) is 0.250. The molecule has 3 rings (SSSR count). The van der Waals surface area contributed by atoms with Crippen LogP contribution in [0, 0.1) is 0 Å². The second-order valence-corrected chi connectivity index (χ2v) is 3.97. The minimum atomic E-state index is 0.413. The monoisotopic (exact) mass is 271 g/mol. The molecule has 0 fully saturated rings. The maximum absolute atomic E-state index is 5.24. The Kier molecular flexibility index (Phi) is 3.12. The molecule has 0 aliphatic carbocycles. The normalized spacial score (nSPS) is 10.7. The van der Waals surface area contributed by atoms with Crippen molar-refractivity contribution in [2.45, 2.75) is 6.92 Å². The number of aromatic nitrogens is 6. The van der Waals surface area contributed by atoms with Crippen LogP contribution in [0.3, 0.4) is 0 Å². The summed E-state index contributed by atoms with van der Waals surface area (Å²) < 4.78 is 5.24. The molecule has 0 aliphatic heterocycles. The van der Waals surface area contributed by atoms with Crippen molar-refractivity contribution in [1.82, 2.24) is 30.1 Å². The largest absolute Gasteiger partial charge is 0.479 e. The molecule has 0 unspecified atom stereocenters. The van der Waals surface area contributed by atoms with Gasteiger partial charge in [-0.15, -0.1) is 0 Å². The van der Waals surface area contributed by atoms with Crippen LogP contribution in [0.25, 0.3) is 22.4 Å². The number of hydrogen-bond acceptors (Lipinski definition) is 7. The lowest BCUT2D eigenvalue weighted by atomic mass is 10.2. The molecule has 102 valence electrons. The average molecular weight is 271 g/mol. The van der Waals surface area contributed by atoms with E-state index in [1.54, 1.807) is 25.7 Å². The van der Waals surface area contributed by atoms with Crippen molar-refractivity contribution in [3.05, 3.63) is 18.6 Å². The van der Waals surface area contributed by atoms with Gasteiger partial charge in [-0.2, -0.15) is 10.1 Å². The molecular formula is C12H13N7O. The predicted octanol–water partition coefficient (Wildman–Crippen LogP) is 1.25. The van der Waals surface area contributed by atoms with E-state index < -0.39 is 0 Å². The van der Waals surface area contributed by atoms with Gasteiger partial charge in [0.1, 0.15) is 5.69 Å². The molecule has 0 spiro atoms. The number of nitrogens with zero attached hydrogens (tertiary/aromatic N) is 5. The molecule has 0 saturated heterocycles. The van der Waals surface area contributed by atoms with Crippen molar-refractivity contribution in [2.75, 3.05) is 19.0 Å². The molecule has 0 amide bonds. The van der Waals surface area contributed by atoms with Crippen molar-refractivity contribution in [3.63, 3.8) is 0 Å². The molecular weight excluding hydrogens is 258 g/mol. The van der Waals surface area contributed by atoms with Crippen LogP contribution in [0.1, 0.15) is 6.92 Å². The van der Waals surface area contributed by atoms with E-state index in [4.69, 9.17) is 4.74 Å². The molecule has 3 aromatic heterocycles. The lowest BCUT2D eigenvalue weighted by Gasteiger charge is -2.08. The molecule has 0 saturated carbocycles. The summed E-state index contributed by atoms with van der Waals surface area (Å²) in [7, 11) is 1.55. The third-order valence-corrected chi connectivity index (χ3v) is 2.73.